The number of hydrogen-bond acceptors (Lipinski definition) is 2. The summed E-state index contributed by atoms with van der Waals surface area (Å²) < 4.78 is 0. The van der Waals surface area contributed by atoms with E-state index >= 15 is 0 Å². The molecule has 3 fully saturated rings. The molecule has 3 unspecified atom stereocenters. The molecule has 1 aliphatic carbocycles. The van der Waals surface area contributed by atoms with E-state index in [-0.39, 0.29) is 0 Å². The Labute approximate surface area is 119 Å². The van der Waals surface area contributed by atoms with Crippen molar-refractivity contribution in [3.05, 3.63) is 0 Å². The van der Waals surface area contributed by atoms with Crippen LogP contribution in [0.25, 0.3) is 0 Å². The number of piperidine rings is 1. The van der Waals surface area contributed by atoms with Gasteiger partial charge in [-0.1, -0.05) is 20.3 Å². The third-order valence-electron chi connectivity index (χ3n) is 6.10. The lowest BCUT2D eigenvalue weighted by molar-refractivity contribution is 0.125. The molecular formula is C17H32N2. The summed E-state index contributed by atoms with van der Waals surface area (Å²) in [4.78, 5) is 2.65. The van der Waals surface area contributed by atoms with Crippen LogP contribution in [0.4, 0.5) is 0 Å². The maximum Gasteiger partial charge on any atom is 0.00988 e. The molecule has 0 aromatic heterocycles. The predicted octanol–water partition coefficient (Wildman–Crippen LogP) is 3.42. The van der Waals surface area contributed by atoms with Crippen LogP contribution < -0.4 is 5.32 Å². The van der Waals surface area contributed by atoms with Crippen molar-refractivity contribution >= 4 is 0 Å². The SMILES string of the molecule is CN1C2CCC1CC(CNC1CCCC(C)(C)C1)C2. The maximum absolute atomic E-state index is 3.91. The van der Waals surface area contributed by atoms with Gasteiger partial charge in [0.2, 0.25) is 0 Å². The molecule has 3 atom stereocenters. The fourth-order valence-corrected chi connectivity index (χ4v) is 4.90. The third-order valence-corrected chi connectivity index (χ3v) is 6.10. The summed E-state index contributed by atoms with van der Waals surface area (Å²) in [5.74, 6) is 0.943. The van der Waals surface area contributed by atoms with Gasteiger partial charge in [0, 0.05) is 18.1 Å². The molecule has 0 spiro atoms. The van der Waals surface area contributed by atoms with Crippen molar-refractivity contribution in [3.63, 3.8) is 0 Å². The average molecular weight is 264 g/mol. The van der Waals surface area contributed by atoms with Crippen molar-refractivity contribution < 1.29 is 0 Å². The van der Waals surface area contributed by atoms with E-state index in [0.29, 0.717) is 5.41 Å². The Hall–Kier alpha value is -0.0800. The monoisotopic (exact) mass is 264 g/mol. The van der Waals surface area contributed by atoms with E-state index in [9.17, 15) is 0 Å². The number of hydrogen-bond donors (Lipinski definition) is 1. The van der Waals surface area contributed by atoms with Gasteiger partial charge in [-0.15, -0.1) is 0 Å². The van der Waals surface area contributed by atoms with Gasteiger partial charge in [0.25, 0.3) is 0 Å². The largest absolute Gasteiger partial charge is 0.314 e. The van der Waals surface area contributed by atoms with Gasteiger partial charge in [-0.3, -0.25) is 0 Å². The van der Waals surface area contributed by atoms with Crippen LogP contribution in [0.2, 0.25) is 0 Å². The van der Waals surface area contributed by atoms with E-state index in [1.807, 2.05) is 0 Å². The highest BCUT2D eigenvalue weighted by molar-refractivity contribution is 4.94. The van der Waals surface area contributed by atoms with Crippen molar-refractivity contribution in [2.45, 2.75) is 83.3 Å². The Morgan fingerprint density at radius 1 is 1.11 bits per heavy atom. The number of fused-ring (bicyclic) bond motifs is 2. The van der Waals surface area contributed by atoms with Crippen LogP contribution in [0.3, 0.4) is 0 Å². The van der Waals surface area contributed by atoms with Gasteiger partial charge >= 0.3 is 0 Å². The van der Waals surface area contributed by atoms with Gasteiger partial charge in [-0.05, 0) is 69.9 Å². The first-order chi connectivity index (χ1) is 9.03. The second-order valence-electron chi connectivity index (χ2n) is 8.25. The van der Waals surface area contributed by atoms with Gasteiger partial charge in [-0.2, -0.15) is 0 Å². The Morgan fingerprint density at radius 2 is 1.79 bits per heavy atom. The number of rotatable bonds is 3. The van der Waals surface area contributed by atoms with E-state index in [4.69, 9.17) is 0 Å². The molecule has 0 radical (unpaired) electrons. The predicted molar refractivity (Wildman–Crippen MR) is 81.3 cm³/mol. The highest BCUT2D eigenvalue weighted by atomic mass is 15.2. The Kier molecular flexibility index (Phi) is 3.92. The molecule has 2 heteroatoms. The van der Waals surface area contributed by atoms with Gasteiger partial charge in [0.15, 0.2) is 0 Å². The minimum Gasteiger partial charge on any atom is -0.314 e. The topological polar surface area (TPSA) is 15.3 Å². The molecule has 110 valence electrons. The Balaban J connectivity index is 1.45. The molecule has 19 heavy (non-hydrogen) atoms. The first kappa shape index (κ1) is 13.9. The van der Waals surface area contributed by atoms with Crippen LogP contribution in [0.15, 0.2) is 0 Å². The zero-order valence-electron chi connectivity index (χ0n) is 13.1. The summed E-state index contributed by atoms with van der Waals surface area (Å²) >= 11 is 0. The summed E-state index contributed by atoms with van der Waals surface area (Å²) in [6.45, 7) is 6.16. The average Bonchev–Trinajstić information content (AvgIpc) is 2.59. The molecule has 0 amide bonds. The van der Waals surface area contributed by atoms with E-state index < -0.39 is 0 Å². The fourth-order valence-electron chi connectivity index (χ4n) is 4.90. The molecule has 3 rings (SSSR count). The molecule has 2 bridgehead atoms. The van der Waals surface area contributed by atoms with Crippen LogP contribution in [0.5, 0.6) is 0 Å². The summed E-state index contributed by atoms with van der Waals surface area (Å²) in [6.07, 6.45) is 11.4. The zero-order valence-corrected chi connectivity index (χ0v) is 13.1. The lowest BCUT2D eigenvalue weighted by Gasteiger charge is -2.39. The van der Waals surface area contributed by atoms with Crippen molar-refractivity contribution in [1.29, 1.82) is 0 Å². The molecule has 2 nitrogen and oxygen atoms in total. The smallest absolute Gasteiger partial charge is 0.00988 e. The maximum atomic E-state index is 3.91. The van der Waals surface area contributed by atoms with E-state index in [1.165, 1.54) is 57.9 Å². The van der Waals surface area contributed by atoms with Gasteiger partial charge < -0.3 is 10.2 Å². The van der Waals surface area contributed by atoms with E-state index in [0.717, 1.165) is 24.0 Å². The minimum absolute atomic E-state index is 0.571. The zero-order chi connectivity index (χ0) is 13.5. The lowest BCUT2D eigenvalue weighted by atomic mass is 9.75. The number of nitrogens with one attached hydrogen (secondary N) is 1. The van der Waals surface area contributed by atoms with Crippen LogP contribution in [-0.2, 0) is 0 Å². The Bertz CT molecular complexity index is 298. The quantitative estimate of drug-likeness (QED) is 0.840. The van der Waals surface area contributed by atoms with Crippen molar-refractivity contribution in [2.24, 2.45) is 11.3 Å². The highest BCUT2D eigenvalue weighted by Crippen LogP contribution is 2.38. The second kappa shape index (κ2) is 5.37. The van der Waals surface area contributed by atoms with Crippen LogP contribution in [-0.4, -0.2) is 36.6 Å². The molecule has 1 saturated carbocycles. The fraction of sp³-hybridized carbons (Fsp3) is 1.00. The molecule has 2 aliphatic heterocycles. The summed E-state index contributed by atoms with van der Waals surface area (Å²) in [6, 6.07) is 2.59. The lowest BCUT2D eigenvalue weighted by Crippen LogP contribution is -2.45. The van der Waals surface area contributed by atoms with Gasteiger partial charge in [0.05, 0.1) is 0 Å². The molecule has 2 saturated heterocycles. The molecule has 0 aromatic rings. The summed E-state index contributed by atoms with van der Waals surface area (Å²) in [7, 11) is 2.34. The molecule has 3 aliphatic rings. The third kappa shape index (κ3) is 3.16. The molecule has 0 aromatic carbocycles. The van der Waals surface area contributed by atoms with Crippen LogP contribution >= 0.6 is 0 Å². The standard InChI is InChI=1S/C17H32N2/c1-17(2)8-4-5-14(11-17)18-12-13-9-15-6-7-16(10-13)19(15)3/h13-16,18H,4-12H2,1-3H3. The highest BCUT2D eigenvalue weighted by Gasteiger charge is 2.38. The molecule has 2 heterocycles. The van der Waals surface area contributed by atoms with Gasteiger partial charge in [-0.25, -0.2) is 0 Å². The first-order valence-corrected chi connectivity index (χ1v) is 8.49. The normalized spacial score (nSPS) is 42.5. The Morgan fingerprint density at radius 3 is 2.42 bits per heavy atom. The van der Waals surface area contributed by atoms with Gasteiger partial charge in [0.1, 0.15) is 0 Å². The van der Waals surface area contributed by atoms with Crippen molar-refractivity contribution in [2.75, 3.05) is 13.6 Å². The molecule has 1 N–H and O–H groups in total. The van der Waals surface area contributed by atoms with E-state index in [1.54, 1.807) is 0 Å². The second-order valence-corrected chi connectivity index (χ2v) is 8.25. The summed E-state index contributed by atoms with van der Waals surface area (Å²) in [5.41, 5.74) is 0.571. The van der Waals surface area contributed by atoms with Crippen LogP contribution in [0, 0.1) is 11.3 Å². The first-order valence-electron chi connectivity index (χ1n) is 8.49. The van der Waals surface area contributed by atoms with Crippen LogP contribution in [0.1, 0.15) is 65.2 Å². The number of nitrogens with zero attached hydrogens (tertiary/aromatic N) is 1. The summed E-state index contributed by atoms with van der Waals surface area (Å²) in [5, 5.41) is 3.91. The van der Waals surface area contributed by atoms with E-state index in [2.05, 4.69) is 31.1 Å². The minimum atomic E-state index is 0.571. The van der Waals surface area contributed by atoms with Crippen molar-refractivity contribution in [1.82, 2.24) is 10.2 Å². The molecular weight excluding hydrogens is 232 g/mol. The van der Waals surface area contributed by atoms with Crippen molar-refractivity contribution in [3.8, 4) is 0 Å².